The van der Waals surface area contributed by atoms with Crippen LogP contribution in [0.3, 0.4) is 0 Å². The number of carbonyl (C=O) groups excluding carboxylic acids is 1. The maximum absolute atomic E-state index is 13.5. The zero-order valence-corrected chi connectivity index (χ0v) is 12.8. The van der Waals surface area contributed by atoms with E-state index in [2.05, 4.69) is 5.32 Å². The molecule has 3 rings (SSSR count). The van der Waals surface area contributed by atoms with Gasteiger partial charge in [-0.1, -0.05) is 6.07 Å². The van der Waals surface area contributed by atoms with Gasteiger partial charge < -0.3 is 15.8 Å². The van der Waals surface area contributed by atoms with Crippen LogP contribution in [0.2, 0.25) is 0 Å². The second kappa shape index (κ2) is 5.91. The molecule has 0 bridgehead atoms. The van der Waals surface area contributed by atoms with Gasteiger partial charge in [0.25, 0.3) is 0 Å². The fraction of sp³-hybridized carbons (Fsp3) is 0.562. The third kappa shape index (κ3) is 3.33. The van der Waals surface area contributed by atoms with Crippen LogP contribution in [-0.2, 0) is 16.5 Å². The maximum Gasteiger partial charge on any atom is 0.419 e. The molecule has 2 atom stereocenters. The van der Waals surface area contributed by atoms with Crippen LogP contribution in [0.1, 0.15) is 43.2 Å². The Morgan fingerprint density at radius 1 is 1.29 bits per heavy atom. The normalized spacial score (nSPS) is 25.5. The average Bonchev–Trinajstić information content (AvgIpc) is 3.13. The van der Waals surface area contributed by atoms with E-state index in [4.69, 9.17) is 10.5 Å². The number of hydrogen-bond acceptors (Lipinski definition) is 3. The molecular formula is C16H18F4N2O2. The van der Waals surface area contributed by atoms with Crippen molar-refractivity contribution in [2.75, 3.05) is 0 Å². The van der Waals surface area contributed by atoms with Crippen LogP contribution >= 0.6 is 0 Å². The Morgan fingerprint density at radius 3 is 2.58 bits per heavy atom. The fourth-order valence-electron chi connectivity index (χ4n) is 3.42. The number of nitrogens with two attached hydrogens (primary N) is 1. The highest BCUT2D eigenvalue weighted by molar-refractivity contribution is 5.64. The highest BCUT2D eigenvalue weighted by Crippen LogP contribution is 2.48. The second-order valence-electron chi connectivity index (χ2n) is 6.43. The monoisotopic (exact) mass is 346 g/mol. The first-order valence-corrected chi connectivity index (χ1v) is 7.82. The number of ether oxygens (including phenoxy) is 1. The van der Waals surface area contributed by atoms with E-state index in [1.165, 1.54) is 6.07 Å². The van der Waals surface area contributed by atoms with Gasteiger partial charge in [-0.15, -0.1) is 0 Å². The fourth-order valence-corrected chi connectivity index (χ4v) is 3.42. The standard InChI is InChI=1S/C16H18F4N2O2/c17-11-5-4-9(8-10(11)16(18,19)20)15(6-7-15)22-12-2-1-3-13(12)24-14(21)23/h4-5,8,12-13,22H,1-3,6-7H2,(H2,21,23)/t12-,13+/m1/s1. The van der Waals surface area contributed by atoms with Crippen LogP contribution in [0.5, 0.6) is 0 Å². The van der Waals surface area contributed by atoms with Crippen LogP contribution in [-0.4, -0.2) is 18.2 Å². The Morgan fingerprint density at radius 2 is 2.00 bits per heavy atom. The van der Waals surface area contributed by atoms with Gasteiger partial charge in [0.1, 0.15) is 11.9 Å². The summed E-state index contributed by atoms with van der Waals surface area (Å²) in [5.74, 6) is -1.28. The number of benzene rings is 1. The van der Waals surface area contributed by atoms with Gasteiger partial charge in [0.2, 0.25) is 0 Å². The SMILES string of the molecule is NC(=O)O[C@H]1CCC[C@H]1NC1(c2ccc(F)c(C(F)(F)F)c2)CC1. The van der Waals surface area contributed by atoms with Crippen molar-refractivity contribution in [3.63, 3.8) is 0 Å². The number of nitrogens with one attached hydrogen (secondary N) is 1. The Balaban J connectivity index is 1.80. The van der Waals surface area contributed by atoms with Crippen molar-refractivity contribution in [3.05, 3.63) is 35.1 Å². The predicted octanol–water partition coefficient (Wildman–Crippen LogP) is 3.44. The summed E-state index contributed by atoms with van der Waals surface area (Å²) >= 11 is 0. The molecule has 2 aliphatic rings. The van der Waals surface area contributed by atoms with Gasteiger partial charge in [0.15, 0.2) is 0 Å². The molecule has 24 heavy (non-hydrogen) atoms. The van der Waals surface area contributed by atoms with E-state index < -0.39 is 29.2 Å². The molecule has 132 valence electrons. The summed E-state index contributed by atoms with van der Waals surface area (Å²) in [5.41, 5.74) is 3.57. The third-order valence-corrected chi connectivity index (χ3v) is 4.76. The van der Waals surface area contributed by atoms with Crippen molar-refractivity contribution in [1.82, 2.24) is 5.32 Å². The largest absolute Gasteiger partial charge is 0.445 e. The number of rotatable bonds is 4. The summed E-state index contributed by atoms with van der Waals surface area (Å²) in [7, 11) is 0. The van der Waals surface area contributed by atoms with Gasteiger partial charge in [0, 0.05) is 11.6 Å². The van der Waals surface area contributed by atoms with Crippen molar-refractivity contribution >= 4 is 6.09 Å². The molecule has 0 heterocycles. The summed E-state index contributed by atoms with van der Waals surface area (Å²) < 4.78 is 57.3. The zero-order valence-electron chi connectivity index (χ0n) is 12.8. The summed E-state index contributed by atoms with van der Waals surface area (Å²) in [6.45, 7) is 0. The van der Waals surface area contributed by atoms with Gasteiger partial charge in [-0.05, 0) is 49.8 Å². The highest BCUT2D eigenvalue weighted by Gasteiger charge is 2.49. The lowest BCUT2D eigenvalue weighted by Crippen LogP contribution is -2.45. The molecule has 1 amide bonds. The molecule has 8 heteroatoms. The van der Waals surface area contributed by atoms with Gasteiger partial charge in [-0.25, -0.2) is 9.18 Å². The van der Waals surface area contributed by atoms with Crippen LogP contribution in [0, 0.1) is 5.82 Å². The smallest absolute Gasteiger partial charge is 0.419 e. The van der Waals surface area contributed by atoms with Crippen LogP contribution in [0.4, 0.5) is 22.4 Å². The molecule has 0 aromatic heterocycles. The van der Waals surface area contributed by atoms with E-state index in [0.29, 0.717) is 24.8 Å². The molecule has 0 unspecified atom stereocenters. The first-order chi connectivity index (χ1) is 11.2. The molecule has 2 fully saturated rings. The lowest BCUT2D eigenvalue weighted by atomic mass is 9.99. The van der Waals surface area contributed by atoms with Crippen LogP contribution < -0.4 is 11.1 Å². The summed E-state index contributed by atoms with van der Waals surface area (Å²) in [5, 5.41) is 3.31. The van der Waals surface area contributed by atoms with E-state index in [0.717, 1.165) is 25.0 Å². The first-order valence-electron chi connectivity index (χ1n) is 7.82. The molecule has 3 N–H and O–H groups in total. The van der Waals surface area contributed by atoms with Gasteiger partial charge in [-0.3, -0.25) is 0 Å². The van der Waals surface area contributed by atoms with Gasteiger partial charge >= 0.3 is 12.3 Å². The number of primary amides is 1. The minimum atomic E-state index is -4.73. The molecule has 1 aromatic rings. The molecule has 0 aliphatic heterocycles. The Labute approximate surface area is 136 Å². The molecule has 0 saturated heterocycles. The Hall–Kier alpha value is -1.83. The number of hydrogen-bond donors (Lipinski definition) is 2. The number of amides is 1. The van der Waals surface area contributed by atoms with Crippen LogP contribution in [0.25, 0.3) is 0 Å². The predicted molar refractivity (Wildman–Crippen MR) is 77.5 cm³/mol. The van der Waals surface area contributed by atoms with Crippen molar-refractivity contribution in [2.45, 2.75) is 56.0 Å². The lowest BCUT2D eigenvalue weighted by molar-refractivity contribution is -0.140. The summed E-state index contributed by atoms with van der Waals surface area (Å²) in [4.78, 5) is 11.0. The van der Waals surface area contributed by atoms with Crippen molar-refractivity contribution in [1.29, 1.82) is 0 Å². The van der Waals surface area contributed by atoms with Crippen molar-refractivity contribution in [2.24, 2.45) is 5.73 Å². The number of alkyl halides is 3. The lowest BCUT2D eigenvalue weighted by Gasteiger charge is -2.27. The summed E-state index contributed by atoms with van der Waals surface area (Å²) in [6.07, 6.45) is -2.45. The van der Waals surface area contributed by atoms with Crippen molar-refractivity contribution in [3.8, 4) is 0 Å². The van der Waals surface area contributed by atoms with E-state index in [1.807, 2.05) is 0 Å². The second-order valence-corrected chi connectivity index (χ2v) is 6.43. The van der Waals surface area contributed by atoms with E-state index in [1.54, 1.807) is 0 Å². The topological polar surface area (TPSA) is 64.4 Å². The third-order valence-electron chi connectivity index (χ3n) is 4.76. The average molecular weight is 346 g/mol. The molecule has 2 saturated carbocycles. The number of carbonyl (C=O) groups is 1. The Bertz CT molecular complexity index is 643. The molecule has 0 spiro atoms. The van der Waals surface area contributed by atoms with Crippen LogP contribution in [0.15, 0.2) is 18.2 Å². The molecule has 0 radical (unpaired) electrons. The quantitative estimate of drug-likeness (QED) is 0.821. The Kier molecular flexibility index (Phi) is 4.19. The zero-order chi connectivity index (χ0) is 17.5. The molecule has 1 aromatic carbocycles. The number of halogens is 4. The molecule has 2 aliphatic carbocycles. The molecular weight excluding hydrogens is 328 g/mol. The van der Waals surface area contributed by atoms with Gasteiger partial charge in [0.05, 0.1) is 5.56 Å². The maximum atomic E-state index is 13.5. The minimum Gasteiger partial charge on any atom is -0.445 e. The summed E-state index contributed by atoms with van der Waals surface area (Å²) in [6, 6.07) is 2.93. The highest BCUT2D eigenvalue weighted by atomic mass is 19.4. The van der Waals surface area contributed by atoms with E-state index in [9.17, 15) is 22.4 Å². The van der Waals surface area contributed by atoms with E-state index in [-0.39, 0.29) is 12.1 Å². The van der Waals surface area contributed by atoms with Gasteiger partial charge in [-0.2, -0.15) is 13.2 Å². The molecule has 4 nitrogen and oxygen atoms in total. The van der Waals surface area contributed by atoms with E-state index >= 15 is 0 Å². The first kappa shape index (κ1) is 17.0. The minimum absolute atomic E-state index is 0.167. The van der Waals surface area contributed by atoms with Crippen molar-refractivity contribution < 1.29 is 27.1 Å².